The number of amides is 1. The third-order valence-electron chi connectivity index (χ3n) is 4.71. The number of nitrogens with zero attached hydrogens (tertiary/aromatic N) is 2. The molecule has 1 aromatic carbocycles. The summed E-state index contributed by atoms with van der Waals surface area (Å²) in [5.74, 6) is -1.34. The highest BCUT2D eigenvalue weighted by atomic mass is 16.2. The monoisotopic (exact) mass is 338 g/mol. The van der Waals surface area contributed by atoms with Gasteiger partial charge in [-0.3, -0.25) is 9.59 Å². The number of rotatable bonds is 6. The third-order valence-corrected chi connectivity index (χ3v) is 4.71. The van der Waals surface area contributed by atoms with Crippen LogP contribution in [0.4, 0.5) is 0 Å². The summed E-state index contributed by atoms with van der Waals surface area (Å²) in [5.41, 5.74) is 1.76. The van der Waals surface area contributed by atoms with Gasteiger partial charge in [0.05, 0.1) is 17.1 Å². The first-order chi connectivity index (χ1) is 12.2. The second-order valence-electron chi connectivity index (χ2n) is 6.57. The van der Waals surface area contributed by atoms with Gasteiger partial charge in [0, 0.05) is 18.9 Å². The molecule has 3 rings (SSSR count). The average Bonchev–Trinajstić information content (AvgIpc) is 3.04. The Hall–Kier alpha value is -2.68. The maximum atomic E-state index is 12.3. The molecule has 1 atom stereocenters. The van der Waals surface area contributed by atoms with Gasteiger partial charge in [-0.15, -0.1) is 0 Å². The zero-order chi connectivity index (χ0) is 17.6. The van der Waals surface area contributed by atoms with Gasteiger partial charge in [-0.2, -0.15) is 5.26 Å². The zero-order valence-electron chi connectivity index (χ0n) is 14.1. The van der Waals surface area contributed by atoms with E-state index in [-0.39, 0.29) is 18.2 Å². The molecule has 2 aromatic rings. The van der Waals surface area contributed by atoms with Crippen LogP contribution in [-0.2, 0) is 16.0 Å². The van der Waals surface area contributed by atoms with Crippen LogP contribution in [0.3, 0.4) is 0 Å². The minimum Gasteiger partial charge on any atom is -0.352 e. The van der Waals surface area contributed by atoms with Crippen LogP contribution in [0, 0.1) is 17.2 Å². The van der Waals surface area contributed by atoms with Gasteiger partial charge >= 0.3 is 0 Å². The Bertz CT molecular complexity index is 766. The molecule has 1 aliphatic carbocycles. The van der Waals surface area contributed by atoms with Crippen molar-refractivity contribution in [1.82, 2.24) is 15.3 Å². The maximum Gasteiger partial charge on any atom is 0.245 e. The average molecular weight is 338 g/mol. The highest BCUT2D eigenvalue weighted by Crippen LogP contribution is 2.18. The molecule has 1 aliphatic rings. The lowest BCUT2D eigenvalue weighted by atomic mass is 9.94. The summed E-state index contributed by atoms with van der Waals surface area (Å²) in [7, 11) is 0. The molecule has 6 nitrogen and oxygen atoms in total. The molecule has 1 amide bonds. The van der Waals surface area contributed by atoms with E-state index < -0.39 is 11.8 Å². The molecule has 25 heavy (non-hydrogen) atoms. The third kappa shape index (κ3) is 4.24. The summed E-state index contributed by atoms with van der Waals surface area (Å²) in [6.07, 6.45) is 5.72. The Labute approximate surface area is 146 Å². The summed E-state index contributed by atoms with van der Waals surface area (Å²) in [6, 6.07) is 9.59. The highest BCUT2D eigenvalue weighted by Gasteiger charge is 2.28. The topological polar surface area (TPSA) is 98.6 Å². The molecular weight excluding hydrogens is 316 g/mol. The number of H-pyrrole nitrogens is 1. The van der Waals surface area contributed by atoms with Crippen molar-refractivity contribution in [3.63, 3.8) is 0 Å². The number of para-hydroxylation sites is 2. The number of hydrogen-bond acceptors (Lipinski definition) is 4. The maximum absolute atomic E-state index is 12.3. The minimum atomic E-state index is -1.23. The van der Waals surface area contributed by atoms with Crippen molar-refractivity contribution in [1.29, 1.82) is 5.26 Å². The molecule has 130 valence electrons. The number of benzene rings is 1. The van der Waals surface area contributed by atoms with Crippen molar-refractivity contribution in [2.24, 2.45) is 5.92 Å². The lowest BCUT2D eigenvalue weighted by Crippen LogP contribution is -2.42. The lowest BCUT2D eigenvalue weighted by Gasteiger charge is -2.23. The Morgan fingerprint density at radius 1 is 1.28 bits per heavy atom. The van der Waals surface area contributed by atoms with E-state index in [2.05, 4.69) is 15.3 Å². The van der Waals surface area contributed by atoms with Crippen LogP contribution in [0.15, 0.2) is 24.3 Å². The summed E-state index contributed by atoms with van der Waals surface area (Å²) >= 11 is 0. The number of fused-ring (bicyclic) bond motifs is 1. The number of imidazole rings is 1. The van der Waals surface area contributed by atoms with Gasteiger partial charge in [-0.25, -0.2) is 4.98 Å². The van der Waals surface area contributed by atoms with Crippen LogP contribution >= 0.6 is 0 Å². The number of ketones is 1. The molecule has 2 N–H and O–H groups in total. The summed E-state index contributed by atoms with van der Waals surface area (Å²) in [4.78, 5) is 32.2. The first-order valence-electron chi connectivity index (χ1n) is 8.83. The predicted molar refractivity (Wildman–Crippen MR) is 93.5 cm³/mol. The minimum absolute atomic E-state index is 0.0975. The van der Waals surface area contributed by atoms with E-state index in [0.717, 1.165) is 36.7 Å². The van der Waals surface area contributed by atoms with E-state index in [1.54, 1.807) is 0 Å². The van der Waals surface area contributed by atoms with Crippen LogP contribution in [0.25, 0.3) is 11.0 Å². The predicted octanol–water partition coefficient (Wildman–Crippen LogP) is 2.65. The van der Waals surface area contributed by atoms with Gasteiger partial charge in [-0.1, -0.05) is 31.4 Å². The second kappa shape index (κ2) is 7.93. The molecule has 1 fully saturated rings. The molecule has 1 aromatic heterocycles. The van der Waals surface area contributed by atoms with E-state index in [0.29, 0.717) is 12.2 Å². The molecule has 6 heteroatoms. The number of aromatic amines is 1. The van der Waals surface area contributed by atoms with Gasteiger partial charge in [0.25, 0.3) is 0 Å². The van der Waals surface area contributed by atoms with Gasteiger partial charge in [0.15, 0.2) is 11.7 Å². The summed E-state index contributed by atoms with van der Waals surface area (Å²) < 4.78 is 0. The van der Waals surface area contributed by atoms with E-state index in [9.17, 15) is 14.9 Å². The number of aromatic nitrogens is 2. The Morgan fingerprint density at radius 2 is 2.04 bits per heavy atom. The van der Waals surface area contributed by atoms with Crippen molar-refractivity contribution < 1.29 is 9.59 Å². The molecule has 1 unspecified atom stereocenters. The highest BCUT2D eigenvalue weighted by molar-refractivity contribution is 6.04. The second-order valence-corrected chi connectivity index (χ2v) is 6.57. The number of hydrogen-bond donors (Lipinski definition) is 2. The van der Waals surface area contributed by atoms with E-state index >= 15 is 0 Å². The summed E-state index contributed by atoms with van der Waals surface area (Å²) in [6.45, 7) is 0. The molecule has 1 saturated carbocycles. The molecule has 1 heterocycles. The molecule has 0 radical (unpaired) electrons. The first-order valence-corrected chi connectivity index (χ1v) is 8.83. The van der Waals surface area contributed by atoms with Crippen LogP contribution in [0.1, 0.15) is 44.3 Å². The van der Waals surface area contributed by atoms with Crippen molar-refractivity contribution in [2.75, 3.05) is 0 Å². The van der Waals surface area contributed by atoms with Crippen LogP contribution in [0.2, 0.25) is 0 Å². The van der Waals surface area contributed by atoms with Crippen LogP contribution in [0.5, 0.6) is 0 Å². The fourth-order valence-electron chi connectivity index (χ4n) is 3.32. The SMILES string of the molecule is N#CC(C(=O)CCc1nc2ccccc2[nH]1)C(=O)NC1CCCCC1. The van der Waals surface area contributed by atoms with Gasteiger partial charge in [-0.05, 0) is 25.0 Å². The van der Waals surface area contributed by atoms with Gasteiger partial charge in [0.2, 0.25) is 5.91 Å². The van der Waals surface area contributed by atoms with Crippen molar-refractivity contribution in [3.8, 4) is 6.07 Å². The number of aryl methyl sites for hydroxylation is 1. The van der Waals surface area contributed by atoms with Gasteiger partial charge < -0.3 is 10.3 Å². The smallest absolute Gasteiger partial charge is 0.245 e. The number of nitriles is 1. The van der Waals surface area contributed by atoms with Crippen molar-refractivity contribution >= 4 is 22.7 Å². The fourth-order valence-corrected chi connectivity index (χ4v) is 3.32. The first kappa shape index (κ1) is 17.2. The number of Topliss-reactive ketones (excluding diaryl/α,β-unsaturated/α-hetero) is 1. The van der Waals surface area contributed by atoms with Crippen LogP contribution in [-0.4, -0.2) is 27.7 Å². The molecule has 0 spiro atoms. The summed E-state index contributed by atoms with van der Waals surface area (Å²) in [5, 5.41) is 12.1. The Kier molecular flexibility index (Phi) is 5.44. The lowest BCUT2D eigenvalue weighted by molar-refractivity contribution is -0.132. The van der Waals surface area contributed by atoms with Crippen molar-refractivity contribution in [3.05, 3.63) is 30.1 Å². The quantitative estimate of drug-likeness (QED) is 0.791. The molecule has 0 aliphatic heterocycles. The van der Waals surface area contributed by atoms with E-state index in [4.69, 9.17) is 0 Å². The van der Waals surface area contributed by atoms with Crippen molar-refractivity contribution in [2.45, 2.75) is 51.0 Å². The fraction of sp³-hybridized carbons (Fsp3) is 0.474. The molecule has 0 bridgehead atoms. The standard InChI is InChI=1S/C19H22N4O2/c20-12-14(19(25)21-13-6-2-1-3-7-13)17(24)10-11-18-22-15-8-4-5-9-16(15)23-18/h4-5,8-9,13-14H,1-3,6-7,10-11H2,(H,21,25)(H,22,23). The number of carbonyl (C=O) groups is 2. The van der Waals surface area contributed by atoms with E-state index in [1.165, 1.54) is 6.42 Å². The van der Waals surface area contributed by atoms with E-state index in [1.807, 2.05) is 30.3 Å². The zero-order valence-corrected chi connectivity index (χ0v) is 14.1. The van der Waals surface area contributed by atoms with Gasteiger partial charge in [0.1, 0.15) is 5.82 Å². The normalized spacial score (nSPS) is 16.3. The number of nitrogens with one attached hydrogen (secondary N) is 2. The van der Waals surface area contributed by atoms with Crippen LogP contribution < -0.4 is 5.32 Å². The number of carbonyl (C=O) groups excluding carboxylic acids is 2. The Morgan fingerprint density at radius 3 is 2.76 bits per heavy atom. The molecule has 0 saturated heterocycles. The largest absolute Gasteiger partial charge is 0.352 e. The Balaban J connectivity index is 1.56. The molecular formula is C19H22N4O2.